The maximum absolute atomic E-state index is 5.47. The fourth-order valence-electron chi connectivity index (χ4n) is 1.21. The highest BCUT2D eigenvalue weighted by Crippen LogP contribution is 2.03. The van der Waals surface area contributed by atoms with Crippen LogP contribution in [0.15, 0.2) is 6.07 Å². The van der Waals surface area contributed by atoms with E-state index >= 15 is 0 Å². The third-order valence-electron chi connectivity index (χ3n) is 1.70. The second-order valence-corrected chi connectivity index (χ2v) is 3.06. The molecule has 1 heterocycles. The summed E-state index contributed by atoms with van der Waals surface area (Å²) < 4.78 is 0. The van der Waals surface area contributed by atoms with Gasteiger partial charge in [-0.15, -0.1) is 0 Å². The Morgan fingerprint density at radius 1 is 1.67 bits per heavy atom. The van der Waals surface area contributed by atoms with E-state index in [-0.39, 0.29) is 0 Å². The number of nitrogens with two attached hydrogens (primary N) is 1. The number of nitrogen functional groups attached to an aromatic ring is 1. The predicted octanol–water partition coefficient (Wildman–Crippen LogP) is 0.834. The first kappa shape index (κ1) is 9.06. The summed E-state index contributed by atoms with van der Waals surface area (Å²) in [4.78, 5) is 2.23. The number of aromatic nitrogens is 2. The standard InChI is InChI=1S/C8H16N4/c1-3-4-12(2)6-7-5-8(9)11-10-7/h5H,3-4,6H2,1-2H3,(H3,9,10,11). The van der Waals surface area contributed by atoms with E-state index in [0.29, 0.717) is 5.82 Å². The Hall–Kier alpha value is -1.03. The van der Waals surface area contributed by atoms with Crippen LogP contribution in [-0.2, 0) is 6.54 Å². The monoisotopic (exact) mass is 168 g/mol. The number of hydrogen-bond acceptors (Lipinski definition) is 3. The van der Waals surface area contributed by atoms with Crippen LogP contribution < -0.4 is 5.73 Å². The van der Waals surface area contributed by atoms with Crippen LogP contribution in [0.5, 0.6) is 0 Å². The Balaban J connectivity index is 2.41. The zero-order chi connectivity index (χ0) is 8.97. The summed E-state index contributed by atoms with van der Waals surface area (Å²) in [6.45, 7) is 4.15. The lowest BCUT2D eigenvalue weighted by atomic mass is 10.3. The summed E-state index contributed by atoms with van der Waals surface area (Å²) in [5.74, 6) is 0.565. The molecule has 0 fully saturated rings. The topological polar surface area (TPSA) is 57.9 Å². The Labute approximate surface area is 72.8 Å². The molecule has 0 unspecified atom stereocenters. The van der Waals surface area contributed by atoms with Crippen molar-refractivity contribution in [2.45, 2.75) is 19.9 Å². The Morgan fingerprint density at radius 2 is 2.42 bits per heavy atom. The molecule has 0 amide bonds. The van der Waals surface area contributed by atoms with Crippen molar-refractivity contribution in [1.29, 1.82) is 0 Å². The molecule has 68 valence electrons. The van der Waals surface area contributed by atoms with Gasteiger partial charge in [-0.25, -0.2) is 0 Å². The van der Waals surface area contributed by atoms with E-state index in [1.807, 2.05) is 6.07 Å². The Bertz CT molecular complexity index is 231. The van der Waals surface area contributed by atoms with Crippen molar-refractivity contribution >= 4 is 5.82 Å². The SMILES string of the molecule is CCCN(C)Cc1cc(N)n[nH]1. The predicted molar refractivity (Wildman–Crippen MR) is 49.6 cm³/mol. The molecule has 1 aromatic rings. The molecule has 0 aromatic carbocycles. The number of hydrogen-bond donors (Lipinski definition) is 2. The fourth-order valence-corrected chi connectivity index (χ4v) is 1.21. The Morgan fingerprint density at radius 3 is 2.92 bits per heavy atom. The van der Waals surface area contributed by atoms with Crippen LogP contribution in [0.1, 0.15) is 19.0 Å². The van der Waals surface area contributed by atoms with E-state index in [2.05, 4.69) is 29.1 Å². The summed E-state index contributed by atoms with van der Waals surface area (Å²) in [7, 11) is 2.08. The molecule has 0 bridgehead atoms. The smallest absolute Gasteiger partial charge is 0.145 e. The van der Waals surface area contributed by atoms with Gasteiger partial charge in [0.1, 0.15) is 5.82 Å². The lowest BCUT2D eigenvalue weighted by Gasteiger charge is -2.13. The highest BCUT2D eigenvalue weighted by Gasteiger charge is 2.00. The zero-order valence-electron chi connectivity index (χ0n) is 7.67. The number of H-pyrrole nitrogens is 1. The normalized spacial score (nSPS) is 10.9. The number of nitrogens with zero attached hydrogens (tertiary/aromatic N) is 2. The average molecular weight is 168 g/mol. The number of nitrogens with one attached hydrogen (secondary N) is 1. The van der Waals surface area contributed by atoms with Crippen LogP contribution in [0, 0.1) is 0 Å². The Kier molecular flexibility index (Phi) is 3.10. The highest BCUT2D eigenvalue weighted by molar-refractivity contribution is 5.28. The van der Waals surface area contributed by atoms with Crippen molar-refractivity contribution in [3.8, 4) is 0 Å². The highest BCUT2D eigenvalue weighted by atomic mass is 15.2. The van der Waals surface area contributed by atoms with Crippen molar-refractivity contribution in [3.63, 3.8) is 0 Å². The minimum absolute atomic E-state index is 0.565. The lowest BCUT2D eigenvalue weighted by Crippen LogP contribution is -2.18. The molecule has 0 saturated carbocycles. The summed E-state index contributed by atoms with van der Waals surface area (Å²) in [6, 6.07) is 1.87. The molecular formula is C8H16N4. The van der Waals surface area contributed by atoms with Gasteiger partial charge in [-0.05, 0) is 20.0 Å². The third-order valence-corrected chi connectivity index (χ3v) is 1.70. The van der Waals surface area contributed by atoms with Gasteiger partial charge in [0, 0.05) is 12.6 Å². The van der Waals surface area contributed by atoms with Crippen LogP contribution in [0.4, 0.5) is 5.82 Å². The molecule has 0 atom stereocenters. The third kappa shape index (κ3) is 2.54. The van der Waals surface area contributed by atoms with E-state index in [0.717, 1.165) is 18.8 Å². The van der Waals surface area contributed by atoms with Gasteiger partial charge in [0.15, 0.2) is 0 Å². The maximum atomic E-state index is 5.47. The van der Waals surface area contributed by atoms with Gasteiger partial charge in [-0.3, -0.25) is 5.10 Å². The van der Waals surface area contributed by atoms with Gasteiger partial charge >= 0.3 is 0 Å². The van der Waals surface area contributed by atoms with Crippen molar-refractivity contribution in [2.75, 3.05) is 19.3 Å². The summed E-state index contributed by atoms with van der Waals surface area (Å²) >= 11 is 0. The molecule has 1 aromatic heterocycles. The largest absolute Gasteiger partial charge is 0.382 e. The van der Waals surface area contributed by atoms with Crippen LogP contribution in [0.3, 0.4) is 0 Å². The molecule has 0 spiro atoms. The second-order valence-electron chi connectivity index (χ2n) is 3.06. The first-order chi connectivity index (χ1) is 5.72. The van der Waals surface area contributed by atoms with Gasteiger partial charge in [0.2, 0.25) is 0 Å². The van der Waals surface area contributed by atoms with E-state index in [1.165, 1.54) is 6.42 Å². The van der Waals surface area contributed by atoms with E-state index < -0.39 is 0 Å². The molecule has 4 heteroatoms. The molecule has 0 aliphatic carbocycles. The number of aromatic amines is 1. The summed E-state index contributed by atoms with van der Waals surface area (Å²) in [6.07, 6.45) is 1.17. The van der Waals surface area contributed by atoms with Crippen molar-refractivity contribution in [1.82, 2.24) is 15.1 Å². The van der Waals surface area contributed by atoms with Gasteiger partial charge in [-0.1, -0.05) is 6.92 Å². The van der Waals surface area contributed by atoms with Gasteiger partial charge in [0.25, 0.3) is 0 Å². The molecular weight excluding hydrogens is 152 g/mol. The molecule has 3 N–H and O–H groups in total. The quantitative estimate of drug-likeness (QED) is 0.700. The summed E-state index contributed by atoms with van der Waals surface area (Å²) in [5.41, 5.74) is 6.54. The van der Waals surface area contributed by atoms with Crippen LogP contribution in [0.25, 0.3) is 0 Å². The molecule has 0 radical (unpaired) electrons. The van der Waals surface area contributed by atoms with Crippen LogP contribution in [0.2, 0.25) is 0 Å². The zero-order valence-corrected chi connectivity index (χ0v) is 7.67. The lowest BCUT2D eigenvalue weighted by molar-refractivity contribution is 0.323. The van der Waals surface area contributed by atoms with Gasteiger partial charge in [-0.2, -0.15) is 5.10 Å². The van der Waals surface area contributed by atoms with Crippen LogP contribution >= 0.6 is 0 Å². The number of rotatable bonds is 4. The first-order valence-electron chi connectivity index (χ1n) is 4.20. The molecule has 0 aliphatic rings. The number of anilines is 1. The first-order valence-corrected chi connectivity index (χ1v) is 4.20. The van der Waals surface area contributed by atoms with Crippen molar-refractivity contribution < 1.29 is 0 Å². The average Bonchev–Trinajstić information content (AvgIpc) is 2.36. The van der Waals surface area contributed by atoms with E-state index in [1.54, 1.807) is 0 Å². The molecule has 0 aliphatic heterocycles. The maximum Gasteiger partial charge on any atom is 0.145 e. The van der Waals surface area contributed by atoms with Crippen molar-refractivity contribution in [3.05, 3.63) is 11.8 Å². The van der Waals surface area contributed by atoms with E-state index in [9.17, 15) is 0 Å². The van der Waals surface area contributed by atoms with Crippen LogP contribution in [-0.4, -0.2) is 28.7 Å². The molecule has 4 nitrogen and oxygen atoms in total. The fraction of sp³-hybridized carbons (Fsp3) is 0.625. The summed E-state index contributed by atoms with van der Waals surface area (Å²) in [5, 5.41) is 6.73. The molecule has 0 saturated heterocycles. The van der Waals surface area contributed by atoms with Crippen molar-refractivity contribution in [2.24, 2.45) is 0 Å². The van der Waals surface area contributed by atoms with E-state index in [4.69, 9.17) is 5.73 Å². The molecule has 12 heavy (non-hydrogen) atoms. The van der Waals surface area contributed by atoms with Gasteiger partial charge in [0.05, 0.1) is 5.69 Å². The minimum Gasteiger partial charge on any atom is -0.382 e. The second kappa shape index (κ2) is 4.11. The minimum atomic E-state index is 0.565. The molecule has 1 rings (SSSR count). The van der Waals surface area contributed by atoms with Gasteiger partial charge < -0.3 is 10.6 Å².